The number of fused-ring (bicyclic) bond motifs is 3. The molecule has 3 heterocycles. The highest BCUT2D eigenvalue weighted by Crippen LogP contribution is 2.26. The van der Waals surface area contributed by atoms with Crippen LogP contribution in [0, 0.1) is 6.92 Å². The summed E-state index contributed by atoms with van der Waals surface area (Å²) in [7, 11) is -3.74. The lowest BCUT2D eigenvalue weighted by molar-refractivity contribution is 0.588. The number of nitrogens with two attached hydrogens (primary N) is 1. The van der Waals surface area contributed by atoms with E-state index in [4.69, 9.17) is 5.73 Å². The molecule has 128 valence electrons. The fraction of sp³-hybridized carbons (Fsp3) is 0.125. The Bertz CT molecular complexity index is 1210. The molecule has 0 fully saturated rings. The van der Waals surface area contributed by atoms with E-state index in [0.29, 0.717) is 21.6 Å². The van der Waals surface area contributed by atoms with Crippen LogP contribution < -0.4 is 5.73 Å². The standard InChI is InChI=1S/C16H14BrN5O2S/c1-10-2-4-11(5-3-10)25(23,24)21-7-6-12-16(21)19-9-13-15(17)20-14(8-18)22(12)13/h2-7,9H,8,18H2,1H3. The molecule has 0 aliphatic carbocycles. The third kappa shape index (κ3) is 2.38. The molecule has 0 aliphatic heterocycles. The maximum atomic E-state index is 13.0. The van der Waals surface area contributed by atoms with Gasteiger partial charge in [-0.05, 0) is 41.1 Å². The number of aryl methyl sites for hydroxylation is 1. The Labute approximate surface area is 152 Å². The Kier molecular flexibility index (Phi) is 3.67. The molecule has 3 aromatic heterocycles. The first kappa shape index (κ1) is 16.2. The molecular formula is C16H14BrN5O2S. The maximum Gasteiger partial charge on any atom is 0.269 e. The van der Waals surface area contributed by atoms with E-state index in [1.54, 1.807) is 36.5 Å². The van der Waals surface area contributed by atoms with Gasteiger partial charge in [0.05, 0.1) is 28.7 Å². The maximum absolute atomic E-state index is 13.0. The van der Waals surface area contributed by atoms with Crippen molar-refractivity contribution < 1.29 is 8.42 Å². The second kappa shape index (κ2) is 5.65. The number of imidazole rings is 1. The summed E-state index contributed by atoms with van der Waals surface area (Å²) < 4.78 is 29.6. The third-order valence-electron chi connectivity index (χ3n) is 4.05. The van der Waals surface area contributed by atoms with Crippen molar-refractivity contribution in [2.45, 2.75) is 18.4 Å². The summed E-state index contributed by atoms with van der Waals surface area (Å²) in [5.74, 6) is 0.625. The number of halogens is 1. The normalized spacial score (nSPS) is 12.3. The summed E-state index contributed by atoms with van der Waals surface area (Å²) in [5, 5.41) is 0. The van der Waals surface area contributed by atoms with Gasteiger partial charge in [-0.1, -0.05) is 17.7 Å². The van der Waals surface area contributed by atoms with Crippen LogP contribution in [0.3, 0.4) is 0 Å². The summed E-state index contributed by atoms with van der Waals surface area (Å²) in [6, 6.07) is 8.42. The molecular weight excluding hydrogens is 406 g/mol. The molecule has 0 amide bonds. The molecule has 9 heteroatoms. The molecule has 0 bridgehead atoms. The van der Waals surface area contributed by atoms with Crippen molar-refractivity contribution in [3.05, 3.63) is 58.7 Å². The molecule has 0 atom stereocenters. The fourth-order valence-electron chi connectivity index (χ4n) is 2.80. The first-order valence-electron chi connectivity index (χ1n) is 7.48. The Morgan fingerprint density at radius 1 is 1.16 bits per heavy atom. The van der Waals surface area contributed by atoms with Crippen molar-refractivity contribution in [3.63, 3.8) is 0 Å². The van der Waals surface area contributed by atoms with Crippen LogP contribution in [-0.4, -0.2) is 26.8 Å². The lowest BCUT2D eigenvalue weighted by Crippen LogP contribution is -2.13. The zero-order valence-corrected chi connectivity index (χ0v) is 15.6. The quantitative estimate of drug-likeness (QED) is 0.550. The average Bonchev–Trinajstić information content (AvgIpc) is 3.16. The van der Waals surface area contributed by atoms with Gasteiger partial charge in [-0.25, -0.2) is 22.4 Å². The number of rotatable bonds is 3. The SMILES string of the molecule is Cc1ccc(S(=O)(=O)n2ccc3c2ncc2c(Br)nc(CN)n23)cc1. The molecule has 1 aromatic carbocycles. The van der Waals surface area contributed by atoms with Crippen molar-refractivity contribution >= 4 is 42.6 Å². The summed E-state index contributed by atoms with van der Waals surface area (Å²) in [6.45, 7) is 2.13. The molecule has 0 unspecified atom stereocenters. The van der Waals surface area contributed by atoms with Crippen molar-refractivity contribution in [3.8, 4) is 0 Å². The fourth-order valence-corrected chi connectivity index (χ4v) is 4.58. The second-order valence-electron chi connectivity index (χ2n) is 5.64. The van der Waals surface area contributed by atoms with E-state index in [0.717, 1.165) is 11.1 Å². The lowest BCUT2D eigenvalue weighted by Gasteiger charge is -2.08. The monoisotopic (exact) mass is 419 g/mol. The molecule has 4 aromatic rings. The second-order valence-corrected chi connectivity index (χ2v) is 8.21. The highest BCUT2D eigenvalue weighted by Gasteiger charge is 2.22. The molecule has 0 radical (unpaired) electrons. The summed E-state index contributed by atoms with van der Waals surface area (Å²) >= 11 is 3.38. The minimum atomic E-state index is -3.74. The van der Waals surface area contributed by atoms with E-state index < -0.39 is 10.0 Å². The highest BCUT2D eigenvalue weighted by molar-refractivity contribution is 9.10. The minimum Gasteiger partial charge on any atom is -0.324 e. The first-order valence-corrected chi connectivity index (χ1v) is 9.72. The van der Waals surface area contributed by atoms with Crippen molar-refractivity contribution in [2.75, 3.05) is 0 Å². The van der Waals surface area contributed by atoms with E-state index in [-0.39, 0.29) is 11.4 Å². The third-order valence-corrected chi connectivity index (χ3v) is 6.32. The number of hydrogen-bond acceptors (Lipinski definition) is 5. The van der Waals surface area contributed by atoms with E-state index in [2.05, 4.69) is 25.9 Å². The molecule has 0 saturated heterocycles. The van der Waals surface area contributed by atoms with Gasteiger partial charge >= 0.3 is 0 Å². The van der Waals surface area contributed by atoms with Crippen LogP contribution in [0.4, 0.5) is 0 Å². The van der Waals surface area contributed by atoms with Gasteiger partial charge in [-0.15, -0.1) is 0 Å². The van der Waals surface area contributed by atoms with Gasteiger partial charge in [0.2, 0.25) is 0 Å². The Hall–Kier alpha value is -2.23. The zero-order chi connectivity index (χ0) is 17.8. The van der Waals surface area contributed by atoms with Crippen LogP contribution in [0.5, 0.6) is 0 Å². The van der Waals surface area contributed by atoms with Crippen LogP contribution in [-0.2, 0) is 16.6 Å². The number of nitrogens with zero attached hydrogens (tertiary/aromatic N) is 4. The van der Waals surface area contributed by atoms with Gasteiger partial charge in [0.1, 0.15) is 10.4 Å². The molecule has 4 rings (SSSR count). The molecule has 25 heavy (non-hydrogen) atoms. The van der Waals surface area contributed by atoms with E-state index in [1.165, 1.54) is 10.2 Å². The smallest absolute Gasteiger partial charge is 0.269 e. The van der Waals surface area contributed by atoms with Crippen molar-refractivity contribution in [2.24, 2.45) is 5.73 Å². The lowest BCUT2D eigenvalue weighted by atomic mass is 10.2. The zero-order valence-electron chi connectivity index (χ0n) is 13.2. The van der Waals surface area contributed by atoms with Gasteiger partial charge in [-0.3, -0.25) is 4.40 Å². The molecule has 0 aliphatic rings. The summed E-state index contributed by atoms with van der Waals surface area (Å²) in [4.78, 5) is 8.90. The predicted molar refractivity (Wildman–Crippen MR) is 97.8 cm³/mol. The number of hydrogen-bond donors (Lipinski definition) is 1. The number of benzene rings is 1. The van der Waals surface area contributed by atoms with Gasteiger partial charge in [0.25, 0.3) is 10.0 Å². The van der Waals surface area contributed by atoms with Crippen molar-refractivity contribution in [1.29, 1.82) is 0 Å². The van der Waals surface area contributed by atoms with Crippen molar-refractivity contribution in [1.82, 2.24) is 18.3 Å². The largest absolute Gasteiger partial charge is 0.324 e. The Balaban J connectivity index is 2.01. The van der Waals surface area contributed by atoms with Crippen LogP contribution in [0.1, 0.15) is 11.4 Å². The predicted octanol–water partition coefficient (Wildman–Crippen LogP) is 2.45. The molecule has 2 N–H and O–H groups in total. The number of aromatic nitrogens is 4. The summed E-state index contributed by atoms with van der Waals surface area (Å²) in [5.41, 5.74) is 8.45. The van der Waals surface area contributed by atoms with E-state index >= 15 is 0 Å². The molecule has 0 spiro atoms. The van der Waals surface area contributed by atoms with E-state index in [1.807, 2.05) is 11.3 Å². The van der Waals surface area contributed by atoms with Gasteiger partial charge < -0.3 is 5.73 Å². The highest BCUT2D eigenvalue weighted by atomic mass is 79.9. The van der Waals surface area contributed by atoms with Gasteiger partial charge in [0.15, 0.2) is 5.65 Å². The van der Waals surface area contributed by atoms with Crippen LogP contribution in [0.15, 0.2) is 52.2 Å². The van der Waals surface area contributed by atoms with Gasteiger partial charge in [-0.2, -0.15) is 0 Å². The average molecular weight is 420 g/mol. The van der Waals surface area contributed by atoms with Crippen LogP contribution in [0.2, 0.25) is 0 Å². The summed E-state index contributed by atoms with van der Waals surface area (Å²) in [6.07, 6.45) is 3.08. The minimum absolute atomic E-state index is 0.211. The first-order chi connectivity index (χ1) is 11.9. The van der Waals surface area contributed by atoms with E-state index in [9.17, 15) is 8.42 Å². The Morgan fingerprint density at radius 3 is 2.56 bits per heavy atom. The van der Waals surface area contributed by atoms with Gasteiger partial charge in [0, 0.05) is 6.20 Å². The molecule has 0 saturated carbocycles. The van der Waals surface area contributed by atoms with Crippen LogP contribution >= 0.6 is 15.9 Å². The topological polar surface area (TPSA) is 95.3 Å². The molecule has 7 nitrogen and oxygen atoms in total. The van der Waals surface area contributed by atoms with Crippen LogP contribution in [0.25, 0.3) is 16.7 Å². The Morgan fingerprint density at radius 2 is 1.88 bits per heavy atom.